The molecule has 45 heavy (non-hydrogen) atoms. The maximum absolute atomic E-state index is 12.1. The summed E-state index contributed by atoms with van der Waals surface area (Å²) in [7, 11) is -0.674. The summed E-state index contributed by atoms with van der Waals surface area (Å²) >= 11 is 0. The monoisotopic (exact) mass is 596 g/mol. The summed E-state index contributed by atoms with van der Waals surface area (Å²) in [6.07, 6.45) is 0.620. The molecule has 0 aliphatic heterocycles. The average molecular weight is 597 g/mol. The Labute approximate surface area is 266 Å². The Morgan fingerprint density at radius 2 is 0.800 bits per heavy atom. The number of hydrogen-bond donors (Lipinski definition) is 1. The van der Waals surface area contributed by atoms with Crippen molar-refractivity contribution < 1.29 is 5.11 Å². The largest absolute Gasteiger partial charge is 0.507 e. The Morgan fingerprint density at radius 1 is 0.400 bits per heavy atom. The van der Waals surface area contributed by atoms with Crippen LogP contribution in [0.4, 0.5) is 0 Å². The smallest absolute Gasteiger partial charge is 0.127 e. The Balaban J connectivity index is 1.34. The van der Waals surface area contributed by atoms with Gasteiger partial charge in [0.05, 0.1) is 0 Å². The second-order valence-corrected chi connectivity index (χ2v) is 13.3. The molecule has 0 aromatic heterocycles. The zero-order chi connectivity index (χ0) is 30.4. The van der Waals surface area contributed by atoms with E-state index in [9.17, 15) is 5.11 Å². The van der Waals surface area contributed by atoms with Crippen molar-refractivity contribution in [1.82, 2.24) is 0 Å². The Hall–Kier alpha value is -5.23. The standard InChI is InChI=1S/C43H33OP/c44-43-36(30-32-26-28-39(29-27-32)45(37-22-12-4-13-23-37)38-24-14-5-15-25-38)31-40(33-16-6-1-7-17-33)41(34-18-8-2-9-19-34)42(43)35-20-10-3-11-21-35/h1-29,31,44H,30H2. The van der Waals surface area contributed by atoms with Crippen molar-refractivity contribution in [3.63, 3.8) is 0 Å². The predicted octanol–water partition coefficient (Wildman–Crippen LogP) is 9.74. The number of rotatable bonds is 8. The first-order chi connectivity index (χ1) is 22.3. The molecule has 0 spiro atoms. The molecule has 0 aliphatic carbocycles. The highest BCUT2D eigenvalue weighted by molar-refractivity contribution is 7.79. The van der Waals surface area contributed by atoms with Gasteiger partial charge in [-0.25, -0.2) is 0 Å². The van der Waals surface area contributed by atoms with Crippen LogP contribution in [0.15, 0.2) is 182 Å². The first-order valence-electron chi connectivity index (χ1n) is 15.3. The molecule has 0 amide bonds. The van der Waals surface area contributed by atoms with E-state index in [2.05, 4.69) is 152 Å². The van der Waals surface area contributed by atoms with Crippen molar-refractivity contribution in [3.05, 3.63) is 193 Å². The van der Waals surface area contributed by atoms with Crippen LogP contribution in [0.5, 0.6) is 5.75 Å². The van der Waals surface area contributed by atoms with Gasteiger partial charge in [-0.3, -0.25) is 0 Å². The highest BCUT2D eigenvalue weighted by Gasteiger charge is 2.22. The number of benzene rings is 7. The summed E-state index contributed by atoms with van der Waals surface area (Å²) in [5, 5.41) is 16.0. The third kappa shape index (κ3) is 6.09. The van der Waals surface area contributed by atoms with Crippen LogP contribution in [0, 0.1) is 0 Å². The van der Waals surface area contributed by atoms with Gasteiger partial charge in [-0.15, -0.1) is 0 Å². The average Bonchev–Trinajstić information content (AvgIpc) is 3.12. The van der Waals surface area contributed by atoms with Gasteiger partial charge >= 0.3 is 0 Å². The minimum Gasteiger partial charge on any atom is -0.507 e. The van der Waals surface area contributed by atoms with Gasteiger partial charge < -0.3 is 5.11 Å². The zero-order valence-electron chi connectivity index (χ0n) is 24.9. The summed E-state index contributed by atoms with van der Waals surface area (Å²) in [6.45, 7) is 0. The second kappa shape index (κ2) is 13.2. The summed E-state index contributed by atoms with van der Waals surface area (Å²) in [4.78, 5) is 0. The van der Waals surface area contributed by atoms with Crippen LogP contribution in [0.2, 0.25) is 0 Å². The molecule has 7 aromatic carbocycles. The summed E-state index contributed by atoms with van der Waals surface area (Å²) in [5.41, 5.74) is 8.30. The topological polar surface area (TPSA) is 20.2 Å². The molecule has 0 atom stereocenters. The molecule has 0 aliphatic rings. The third-order valence-corrected chi connectivity index (χ3v) is 10.7. The molecular formula is C43H33OP. The Morgan fingerprint density at radius 3 is 1.29 bits per heavy atom. The van der Waals surface area contributed by atoms with Gasteiger partial charge in [-0.2, -0.15) is 0 Å². The van der Waals surface area contributed by atoms with Crippen molar-refractivity contribution in [1.29, 1.82) is 0 Å². The minimum atomic E-state index is -0.674. The summed E-state index contributed by atoms with van der Waals surface area (Å²) in [6, 6.07) is 64.0. The van der Waals surface area contributed by atoms with Crippen molar-refractivity contribution in [2.24, 2.45) is 0 Å². The maximum Gasteiger partial charge on any atom is 0.127 e. The van der Waals surface area contributed by atoms with E-state index >= 15 is 0 Å². The second-order valence-electron chi connectivity index (χ2n) is 11.1. The van der Waals surface area contributed by atoms with E-state index in [4.69, 9.17) is 0 Å². The lowest BCUT2D eigenvalue weighted by Gasteiger charge is -2.21. The van der Waals surface area contributed by atoms with Gasteiger partial charge in [0.25, 0.3) is 0 Å². The molecular weight excluding hydrogens is 563 g/mol. The van der Waals surface area contributed by atoms with Crippen LogP contribution in [-0.4, -0.2) is 5.11 Å². The highest BCUT2D eigenvalue weighted by atomic mass is 31.1. The quantitative estimate of drug-likeness (QED) is 0.173. The van der Waals surface area contributed by atoms with Gasteiger partial charge in [0.1, 0.15) is 5.75 Å². The van der Waals surface area contributed by atoms with E-state index in [1.807, 2.05) is 30.3 Å². The van der Waals surface area contributed by atoms with E-state index in [1.54, 1.807) is 0 Å². The first kappa shape index (κ1) is 28.5. The predicted molar refractivity (Wildman–Crippen MR) is 192 cm³/mol. The molecule has 0 heterocycles. The normalized spacial score (nSPS) is 11.0. The van der Waals surface area contributed by atoms with Crippen LogP contribution < -0.4 is 15.9 Å². The fourth-order valence-electron chi connectivity index (χ4n) is 6.08. The van der Waals surface area contributed by atoms with Crippen molar-refractivity contribution >= 4 is 23.8 Å². The van der Waals surface area contributed by atoms with Crippen LogP contribution in [0.3, 0.4) is 0 Å². The highest BCUT2D eigenvalue weighted by Crippen LogP contribution is 2.47. The summed E-state index contributed by atoms with van der Waals surface area (Å²) < 4.78 is 0. The van der Waals surface area contributed by atoms with Gasteiger partial charge in [0.2, 0.25) is 0 Å². The van der Waals surface area contributed by atoms with Crippen molar-refractivity contribution in [3.8, 4) is 39.1 Å². The number of phenolic OH excluding ortho intramolecular Hbond substituents is 1. The molecule has 0 radical (unpaired) electrons. The number of hydrogen-bond acceptors (Lipinski definition) is 1. The molecule has 0 fully saturated rings. The van der Waals surface area contributed by atoms with Crippen LogP contribution >= 0.6 is 7.92 Å². The molecule has 0 bridgehead atoms. The van der Waals surface area contributed by atoms with E-state index in [1.165, 1.54) is 15.9 Å². The molecule has 2 heteroatoms. The lowest BCUT2D eigenvalue weighted by atomic mass is 9.84. The molecule has 0 unspecified atom stereocenters. The first-order valence-corrected chi connectivity index (χ1v) is 16.6. The van der Waals surface area contributed by atoms with E-state index in [-0.39, 0.29) is 0 Å². The molecule has 7 rings (SSSR count). The number of phenols is 1. The molecule has 216 valence electrons. The molecule has 1 nitrogen and oxygen atoms in total. The lowest BCUT2D eigenvalue weighted by Crippen LogP contribution is -2.20. The fourth-order valence-corrected chi connectivity index (χ4v) is 8.37. The minimum absolute atomic E-state index is 0.333. The fraction of sp³-hybridized carbons (Fsp3) is 0.0233. The molecule has 1 N–H and O–H groups in total. The third-order valence-electron chi connectivity index (χ3n) is 8.21. The zero-order valence-corrected chi connectivity index (χ0v) is 25.8. The molecule has 0 saturated carbocycles. The van der Waals surface area contributed by atoms with Crippen molar-refractivity contribution in [2.75, 3.05) is 0 Å². The molecule has 7 aromatic rings. The Bertz CT molecular complexity index is 1950. The summed E-state index contributed by atoms with van der Waals surface area (Å²) in [5.74, 6) is 0.333. The van der Waals surface area contributed by atoms with Gasteiger partial charge in [-0.05, 0) is 63.3 Å². The SMILES string of the molecule is Oc1c(Cc2ccc(P(c3ccccc3)c3ccccc3)cc2)cc(-c2ccccc2)c(-c2ccccc2)c1-c1ccccc1. The van der Waals surface area contributed by atoms with E-state index in [0.717, 1.165) is 44.5 Å². The van der Waals surface area contributed by atoms with E-state index in [0.29, 0.717) is 12.2 Å². The maximum atomic E-state index is 12.1. The van der Waals surface area contributed by atoms with E-state index < -0.39 is 7.92 Å². The molecule has 0 saturated heterocycles. The number of aromatic hydroxyl groups is 1. The van der Waals surface area contributed by atoms with Crippen molar-refractivity contribution in [2.45, 2.75) is 6.42 Å². The lowest BCUT2D eigenvalue weighted by molar-refractivity contribution is 0.472. The van der Waals surface area contributed by atoms with Crippen LogP contribution in [-0.2, 0) is 6.42 Å². The van der Waals surface area contributed by atoms with Gasteiger partial charge in [-0.1, -0.05) is 176 Å². The van der Waals surface area contributed by atoms with Crippen LogP contribution in [0.1, 0.15) is 11.1 Å². The van der Waals surface area contributed by atoms with Gasteiger partial charge in [0.15, 0.2) is 0 Å². The Kier molecular flexibility index (Phi) is 8.36. The van der Waals surface area contributed by atoms with Gasteiger partial charge in [0, 0.05) is 17.5 Å². The van der Waals surface area contributed by atoms with Crippen LogP contribution in [0.25, 0.3) is 33.4 Å².